The summed E-state index contributed by atoms with van der Waals surface area (Å²) >= 11 is 0. The first kappa shape index (κ1) is 6.91. The van der Waals surface area contributed by atoms with Crippen LogP contribution in [0.1, 0.15) is 0 Å². The van der Waals surface area contributed by atoms with E-state index in [9.17, 15) is 4.79 Å². The lowest BCUT2D eigenvalue weighted by atomic mass is 10.3. The molecule has 0 saturated carbocycles. The zero-order valence-corrected chi connectivity index (χ0v) is 6.37. The van der Waals surface area contributed by atoms with E-state index in [1.807, 2.05) is 18.3 Å². The molecule has 0 aliphatic heterocycles. The van der Waals surface area contributed by atoms with Gasteiger partial charge in [0.2, 0.25) is 0 Å². The monoisotopic (exact) mass is 160 g/mol. The maximum atomic E-state index is 11.0. The van der Waals surface area contributed by atoms with Gasteiger partial charge in [0.25, 0.3) is 0 Å². The fourth-order valence-electron chi connectivity index (χ4n) is 1.10. The minimum absolute atomic E-state index is 0.0124. The van der Waals surface area contributed by atoms with Gasteiger partial charge < -0.3 is 9.97 Å². The number of hydrogen-bond acceptors (Lipinski definition) is 1. The van der Waals surface area contributed by atoms with Crippen LogP contribution in [0, 0.1) is 0 Å². The van der Waals surface area contributed by atoms with Gasteiger partial charge in [-0.1, -0.05) is 0 Å². The zero-order valence-electron chi connectivity index (χ0n) is 6.37. The highest BCUT2D eigenvalue weighted by atomic mass is 16.1. The van der Waals surface area contributed by atoms with Crippen LogP contribution in [-0.4, -0.2) is 9.97 Å². The second-order valence-electron chi connectivity index (χ2n) is 2.52. The SMILES string of the molecule is O=c1cc[nH]c(-c2ccc[nH]2)c1. The van der Waals surface area contributed by atoms with Crippen LogP contribution in [0.15, 0.2) is 41.5 Å². The van der Waals surface area contributed by atoms with Crippen molar-refractivity contribution in [3.63, 3.8) is 0 Å². The quantitative estimate of drug-likeness (QED) is 0.650. The molecule has 0 atom stereocenters. The van der Waals surface area contributed by atoms with E-state index in [1.54, 1.807) is 12.3 Å². The van der Waals surface area contributed by atoms with Crippen molar-refractivity contribution in [2.45, 2.75) is 0 Å². The third kappa shape index (κ3) is 1.16. The van der Waals surface area contributed by atoms with Gasteiger partial charge in [0.15, 0.2) is 5.43 Å². The first-order valence-electron chi connectivity index (χ1n) is 3.69. The standard InChI is InChI=1S/C9H8N2O/c12-7-3-5-11-9(6-7)8-2-1-4-10-8/h1-6,10H,(H,11,12). The van der Waals surface area contributed by atoms with Gasteiger partial charge in [0.1, 0.15) is 0 Å². The number of nitrogens with one attached hydrogen (secondary N) is 2. The lowest BCUT2D eigenvalue weighted by Crippen LogP contribution is -1.97. The summed E-state index contributed by atoms with van der Waals surface area (Å²) in [6.45, 7) is 0. The van der Waals surface area contributed by atoms with Crippen LogP contribution in [0.25, 0.3) is 11.4 Å². The minimum atomic E-state index is 0.0124. The molecule has 2 aromatic rings. The second-order valence-corrected chi connectivity index (χ2v) is 2.52. The number of aromatic amines is 2. The first-order valence-corrected chi connectivity index (χ1v) is 3.69. The summed E-state index contributed by atoms with van der Waals surface area (Å²) in [5, 5.41) is 0. The molecule has 2 aromatic heterocycles. The van der Waals surface area contributed by atoms with Gasteiger partial charge in [0.05, 0.1) is 11.4 Å². The van der Waals surface area contributed by atoms with Gasteiger partial charge in [-0.05, 0) is 12.1 Å². The van der Waals surface area contributed by atoms with E-state index in [0.717, 1.165) is 11.4 Å². The Morgan fingerprint density at radius 2 is 1.83 bits per heavy atom. The largest absolute Gasteiger partial charge is 0.360 e. The molecule has 0 saturated heterocycles. The Labute approximate surface area is 69.1 Å². The Morgan fingerprint density at radius 1 is 1.00 bits per heavy atom. The van der Waals surface area contributed by atoms with E-state index >= 15 is 0 Å². The van der Waals surface area contributed by atoms with Crippen LogP contribution in [0.3, 0.4) is 0 Å². The van der Waals surface area contributed by atoms with Gasteiger partial charge in [-0.25, -0.2) is 0 Å². The Morgan fingerprint density at radius 3 is 2.50 bits per heavy atom. The molecule has 2 N–H and O–H groups in total. The summed E-state index contributed by atoms with van der Waals surface area (Å²) in [7, 11) is 0. The Bertz CT molecular complexity index is 414. The van der Waals surface area contributed by atoms with Crippen LogP contribution in [-0.2, 0) is 0 Å². The number of H-pyrrole nitrogens is 2. The molecule has 2 heterocycles. The summed E-state index contributed by atoms with van der Waals surface area (Å²) in [6, 6.07) is 6.85. The third-order valence-corrected chi connectivity index (χ3v) is 1.66. The highest BCUT2D eigenvalue weighted by Gasteiger charge is 1.96. The fraction of sp³-hybridized carbons (Fsp3) is 0. The minimum Gasteiger partial charge on any atom is -0.360 e. The highest BCUT2D eigenvalue weighted by molar-refractivity contribution is 5.53. The van der Waals surface area contributed by atoms with Crippen molar-refractivity contribution in [3.05, 3.63) is 46.9 Å². The van der Waals surface area contributed by atoms with E-state index in [0.29, 0.717) is 0 Å². The molecule has 0 unspecified atom stereocenters. The number of pyridine rings is 1. The van der Waals surface area contributed by atoms with Crippen LogP contribution in [0.5, 0.6) is 0 Å². The number of hydrogen-bond donors (Lipinski definition) is 2. The molecule has 0 aromatic carbocycles. The van der Waals surface area contributed by atoms with Gasteiger partial charge in [-0.3, -0.25) is 4.79 Å². The number of aromatic nitrogens is 2. The normalized spacial score (nSPS) is 10.0. The van der Waals surface area contributed by atoms with Crippen molar-refractivity contribution >= 4 is 0 Å². The van der Waals surface area contributed by atoms with Gasteiger partial charge in [-0.15, -0.1) is 0 Å². The molecule has 0 amide bonds. The molecular formula is C9H8N2O. The molecule has 0 radical (unpaired) electrons. The molecule has 60 valence electrons. The Kier molecular flexibility index (Phi) is 1.55. The lowest BCUT2D eigenvalue weighted by Gasteiger charge is -1.95. The Hall–Kier alpha value is -1.77. The molecular weight excluding hydrogens is 152 g/mol. The van der Waals surface area contributed by atoms with Crippen LogP contribution >= 0.6 is 0 Å². The van der Waals surface area contributed by atoms with E-state index in [1.165, 1.54) is 6.07 Å². The van der Waals surface area contributed by atoms with Crippen molar-refractivity contribution < 1.29 is 0 Å². The molecule has 0 aliphatic carbocycles. The van der Waals surface area contributed by atoms with Crippen molar-refractivity contribution in [1.82, 2.24) is 9.97 Å². The summed E-state index contributed by atoms with van der Waals surface area (Å²) in [4.78, 5) is 16.9. The first-order chi connectivity index (χ1) is 5.86. The van der Waals surface area contributed by atoms with Gasteiger partial charge >= 0.3 is 0 Å². The highest BCUT2D eigenvalue weighted by Crippen LogP contribution is 2.10. The maximum absolute atomic E-state index is 11.0. The third-order valence-electron chi connectivity index (χ3n) is 1.66. The smallest absolute Gasteiger partial charge is 0.182 e. The molecule has 3 heteroatoms. The van der Waals surface area contributed by atoms with E-state index in [-0.39, 0.29) is 5.43 Å². The summed E-state index contributed by atoms with van der Waals surface area (Å²) in [5.41, 5.74) is 1.75. The van der Waals surface area contributed by atoms with Crippen molar-refractivity contribution in [2.24, 2.45) is 0 Å². The van der Waals surface area contributed by atoms with Gasteiger partial charge in [0, 0.05) is 24.5 Å². The molecule has 0 bridgehead atoms. The number of rotatable bonds is 1. The fourth-order valence-corrected chi connectivity index (χ4v) is 1.10. The lowest BCUT2D eigenvalue weighted by molar-refractivity contribution is 1.26. The summed E-state index contributed by atoms with van der Waals surface area (Å²) in [5.74, 6) is 0. The molecule has 2 rings (SSSR count). The van der Waals surface area contributed by atoms with Crippen LogP contribution < -0.4 is 5.43 Å². The van der Waals surface area contributed by atoms with Crippen molar-refractivity contribution in [2.75, 3.05) is 0 Å². The maximum Gasteiger partial charge on any atom is 0.182 e. The van der Waals surface area contributed by atoms with Crippen molar-refractivity contribution in [1.29, 1.82) is 0 Å². The summed E-state index contributed by atoms with van der Waals surface area (Å²) < 4.78 is 0. The van der Waals surface area contributed by atoms with E-state index in [2.05, 4.69) is 9.97 Å². The second kappa shape index (κ2) is 2.70. The molecule has 3 nitrogen and oxygen atoms in total. The average molecular weight is 160 g/mol. The predicted molar refractivity (Wildman–Crippen MR) is 46.8 cm³/mol. The molecule has 0 aliphatic rings. The molecule has 12 heavy (non-hydrogen) atoms. The van der Waals surface area contributed by atoms with E-state index < -0.39 is 0 Å². The van der Waals surface area contributed by atoms with Crippen LogP contribution in [0.4, 0.5) is 0 Å². The Balaban J connectivity index is 2.55. The summed E-state index contributed by atoms with van der Waals surface area (Å²) in [6.07, 6.45) is 3.46. The van der Waals surface area contributed by atoms with Gasteiger partial charge in [-0.2, -0.15) is 0 Å². The van der Waals surface area contributed by atoms with E-state index in [4.69, 9.17) is 0 Å². The average Bonchev–Trinajstić information content (AvgIpc) is 2.56. The molecule has 0 fully saturated rings. The predicted octanol–water partition coefficient (Wildman–Crippen LogP) is 1.37. The topological polar surface area (TPSA) is 48.6 Å². The van der Waals surface area contributed by atoms with Crippen molar-refractivity contribution in [3.8, 4) is 11.4 Å². The zero-order chi connectivity index (χ0) is 8.39. The molecule has 0 spiro atoms. The van der Waals surface area contributed by atoms with Crippen LogP contribution in [0.2, 0.25) is 0 Å².